The van der Waals surface area contributed by atoms with E-state index in [1.165, 1.54) is 6.07 Å². The van der Waals surface area contributed by atoms with Crippen molar-refractivity contribution in [2.75, 3.05) is 6.61 Å². The molecule has 1 heterocycles. The molecule has 0 amide bonds. The summed E-state index contributed by atoms with van der Waals surface area (Å²) in [5.41, 5.74) is 2.22. The van der Waals surface area contributed by atoms with Crippen LogP contribution in [0.1, 0.15) is 34.0 Å². The second-order valence-corrected chi connectivity index (χ2v) is 7.40. The minimum Gasteiger partial charge on any atom is -0.494 e. The number of rotatable bonds is 6. The van der Waals surface area contributed by atoms with Crippen LogP contribution in [0.4, 0.5) is 4.39 Å². The van der Waals surface area contributed by atoms with Crippen molar-refractivity contribution >= 4 is 23.5 Å². The molecule has 31 heavy (non-hydrogen) atoms. The van der Waals surface area contributed by atoms with E-state index in [1.807, 2.05) is 31.2 Å². The van der Waals surface area contributed by atoms with E-state index in [0.29, 0.717) is 34.3 Å². The Morgan fingerprint density at radius 3 is 2.55 bits per heavy atom. The largest absolute Gasteiger partial charge is 0.494 e. The van der Waals surface area contributed by atoms with Crippen LogP contribution >= 0.6 is 11.6 Å². The zero-order valence-electron chi connectivity index (χ0n) is 17.1. The van der Waals surface area contributed by atoms with Crippen molar-refractivity contribution in [1.82, 2.24) is 0 Å². The van der Waals surface area contributed by atoms with Crippen molar-refractivity contribution < 1.29 is 23.4 Å². The van der Waals surface area contributed by atoms with E-state index in [0.717, 1.165) is 11.3 Å². The molecule has 0 unspecified atom stereocenters. The standard InChI is InChI=1S/C25H20ClFO4/c1-3-29-17-9-7-16(8-10-17)13-23-24(28)18-11-12-22(15(2)25(18)31-23)30-14-19-20(26)5-4-6-21(19)27/h4-13H,3,14H2,1-2H3/b23-13-. The van der Waals surface area contributed by atoms with E-state index in [4.69, 9.17) is 25.8 Å². The third-order valence-electron chi connectivity index (χ3n) is 4.96. The topological polar surface area (TPSA) is 44.8 Å². The number of hydrogen-bond acceptors (Lipinski definition) is 4. The number of benzene rings is 3. The number of Topliss-reactive ketones (excluding diaryl/α,β-unsaturated/α-hetero) is 1. The summed E-state index contributed by atoms with van der Waals surface area (Å²) in [5, 5.41) is 0.297. The smallest absolute Gasteiger partial charge is 0.231 e. The molecule has 0 radical (unpaired) electrons. The molecule has 0 N–H and O–H groups in total. The van der Waals surface area contributed by atoms with E-state index in [1.54, 1.807) is 37.3 Å². The molecule has 158 valence electrons. The maximum Gasteiger partial charge on any atom is 0.231 e. The van der Waals surface area contributed by atoms with Gasteiger partial charge in [-0.3, -0.25) is 4.79 Å². The molecule has 3 aromatic rings. The number of ether oxygens (including phenoxy) is 3. The minimum absolute atomic E-state index is 0.0338. The number of ketones is 1. The SMILES string of the molecule is CCOc1ccc(/C=C2\Oc3c(ccc(OCc4c(F)cccc4Cl)c3C)C2=O)cc1. The van der Waals surface area contributed by atoms with E-state index < -0.39 is 5.82 Å². The normalized spacial score (nSPS) is 13.8. The lowest BCUT2D eigenvalue weighted by atomic mass is 10.1. The van der Waals surface area contributed by atoms with Crippen LogP contribution in [-0.2, 0) is 6.61 Å². The van der Waals surface area contributed by atoms with Crippen LogP contribution in [0.15, 0.2) is 60.4 Å². The highest BCUT2D eigenvalue weighted by atomic mass is 35.5. The average Bonchev–Trinajstić information content (AvgIpc) is 3.07. The van der Waals surface area contributed by atoms with Gasteiger partial charge in [-0.05, 0) is 61.9 Å². The Labute approximate surface area is 184 Å². The van der Waals surface area contributed by atoms with E-state index in [9.17, 15) is 9.18 Å². The first kappa shape index (κ1) is 20.9. The van der Waals surface area contributed by atoms with Crippen molar-refractivity contribution in [2.45, 2.75) is 20.5 Å². The van der Waals surface area contributed by atoms with Crippen LogP contribution in [0.25, 0.3) is 6.08 Å². The van der Waals surface area contributed by atoms with Crippen LogP contribution in [0.5, 0.6) is 17.2 Å². The highest BCUT2D eigenvalue weighted by Gasteiger charge is 2.30. The van der Waals surface area contributed by atoms with Crippen LogP contribution in [0, 0.1) is 12.7 Å². The second-order valence-electron chi connectivity index (χ2n) is 7.00. The third-order valence-corrected chi connectivity index (χ3v) is 5.31. The van der Waals surface area contributed by atoms with Crippen LogP contribution < -0.4 is 14.2 Å². The van der Waals surface area contributed by atoms with Crippen molar-refractivity contribution in [1.29, 1.82) is 0 Å². The summed E-state index contributed by atoms with van der Waals surface area (Å²) >= 11 is 6.07. The van der Waals surface area contributed by atoms with Gasteiger partial charge in [0.05, 0.1) is 17.2 Å². The number of halogens is 2. The molecule has 1 aliphatic rings. The summed E-state index contributed by atoms with van der Waals surface area (Å²) in [5.74, 6) is 1.30. The molecule has 0 spiro atoms. The van der Waals surface area contributed by atoms with Gasteiger partial charge in [0.15, 0.2) is 5.76 Å². The summed E-state index contributed by atoms with van der Waals surface area (Å²) in [7, 11) is 0. The van der Waals surface area contributed by atoms with Gasteiger partial charge < -0.3 is 14.2 Å². The molecule has 1 aliphatic heterocycles. The molecule has 6 heteroatoms. The van der Waals surface area contributed by atoms with Gasteiger partial charge >= 0.3 is 0 Å². The maximum absolute atomic E-state index is 14.0. The predicted octanol–water partition coefficient (Wildman–Crippen LogP) is 6.38. The molecule has 4 rings (SSSR count). The molecule has 0 saturated carbocycles. The molecule has 0 aliphatic carbocycles. The van der Waals surface area contributed by atoms with Gasteiger partial charge in [0.1, 0.15) is 29.7 Å². The average molecular weight is 439 g/mol. The van der Waals surface area contributed by atoms with Crippen LogP contribution in [-0.4, -0.2) is 12.4 Å². The highest BCUT2D eigenvalue weighted by molar-refractivity contribution is 6.31. The summed E-state index contributed by atoms with van der Waals surface area (Å²) in [6, 6.07) is 15.2. The Kier molecular flexibility index (Phi) is 5.96. The first-order valence-electron chi connectivity index (χ1n) is 9.84. The fourth-order valence-corrected chi connectivity index (χ4v) is 3.54. The Balaban J connectivity index is 1.55. The maximum atomic E-state index is 14.0. The van der Waals surface area contributed by atoms with Gasteiger partial charge in [0.2, 0.25) is 5.78 Å². The Bertz CT molecular complexity index is 1150. The molecule has 3 aromatic carbocycles. The molecule has 0 saturated heterocycles. The van der Waals surface area contributed by atoms with Gasteiger partial charge in [-0.1, -0.05) is 29.8 Å². The van der Waals surface area contributed by atoms with Crippen molar-refractivity contribution in [2.24, 2.45) is 0 Å². The zero-order valence-corrected chi connectivity index (χ0v) is 17.8. The molecular formula is C25H20ClFO4. The summed E-state index contributed by atoms with van der Waals surface area (Å²) in [6.07, 6.45) is 1.69. The van der Waals surface area contributed by atoms with E-state index in [-0.39, 0.29) is 23.7 Å². The number of carbonyl (C=O) groups excluding carboxylic acids is 1. The van der Waals surface area contributed by atoms with Crippen LogP contribution in [0.3, 0.4) is 0 Å². The van der Waals surface area contributed by atoms with Gasteiger partial charge in [0.25, 0.3) is 0 Å². The van der Waals surface area contributed by atoms with Gasteiger partial charge in [-0.2, -0.15) is 0 Å². The lowest BCUT2D eigenvalue weighted by molar-refractivity contribution is 0.101. The number of fused-ring (bicyclic) bond motifs is 1. The highest BCUT2D eigenvalue weighted by Crippen LogP contribution is 2.39. The minimum atomic E-state index is -0.432. The number of hydrogen-bond donors (Lipinski definition) is 0. The second kappa shape index (κ2) is 8.82. The third kappa shape index (κ3) is 4.28. The molecular weight excluding hydrogens is 419 g/mol. The van der Waals surface area contributed by atoms with Gasteiger partial charge in [0, 0.05) is 11.1 Å². The molecule has 0 fully saturated rings. The summed E-state index contributed by atoms with van der Waals surface area (Å²) in [4.78, 5) is 12.8. The van der Waals surface area contributed by atoms with Gasteiger partial charge in [-0.25, -0.2) is 4.39 Å². The Morgan fingerprint density at radius 2 is 1.84 bits per heavy atom. The van der Waals surface area contributed by atoms with E-state index >= 15 is 0 Å². The molecule has 0 atom stereocenters. The monoisotopic (exact) mass is 438 g/mol. The summed E-state index contributed by atoms with van der Waals surface area (Å²) in [6.45, 7) is 4.27. The van der Waals surface area contributed by atoms with Crippen LogP contribution in [0.2, 0.25) is 5.02 Å². The van der Waals surface area contributed by atoms with Crippen molar-refractivity contribution in [3.63, 3.8) is 0 Å². The Morgan fingerprint density at radius 1 is 1.06 bits per heavy atom. The first-order chi connectivity index (χ1) is 15.0. The predicted molar refractivity (Wildman–Crippen MR) is 117 cm³/mol. The zero-order chi connectivity index (χ0) is 22.0. The van der Waals surface area contributed by atoms with Gasteiger partial charge in [-0.15, -0.1) is 0 Å². The lowest BCUT2D eigenvalue weighted by Crippen LogP contribution is -2.01. The Hall–Kier alpha value is -3.31. The fourth-order valence-electron chi connectivity index (χ4n) is 3.32. The van der Waals surface area contributed by atoms with Crippen molar-refractivity contribution in [3.8, 4) is 17.2 Å². The number of allylic oxidation sites excluding steroid dienone is 1. The fraction of sp³-hybridized carbons (Fsp3) is 0.160. The molecule has 0 bridgehead atoms. The lowest BCUT2D eigenvalue weighted by Gasteiger charge is -2.12. The molecule has 4 nitrogen and oxygen atoms in total. The molecule has 0 aromatic heterocycles. The summed E-state index contributed by atoms with van der Waals surface area (Å²) < 4.78 is 31.1. The van der Waals surface area contributed by atoms with Crippen molar-refractivity contribution in [3.05, 3.63) is 93.5 Å². The number of carbonyl (C=O) groups is 1. The quantitative estimate of drug-likeness (QED) is 0.419. The first-order valence-corrected chi connectivity index (χ1v) is 10.2. The van der Waals surface area contributed by atoms with E-state index in [2.05, 4.69) is 0 Å².